The van der Waals surface area contributed by atoms with Gasteiger partial charge >= 0.3 is 0 Å². The number of rotatable bonds is 5. The molecule has 0 bridgehead atoms. The van der Waals surface area contributed by atoms with Crippen molar-refractivity contribution in [3.8, 4) is 0 Å². The molecule has 2 nitrogen and oxygen atoms in total. The van der Waals surface area contributed by atoms with Crippen LogP contribution in [0.25, 0.3) is 0 Å². The zero-order valence-electron chi connectivity index (χ0n) is 9.75. The standard InChI is InChI=1S/C13H25NO/c15-13-6-4-12(5-7-13)10-14-9-8-11-2-1-3-11/h11-15H,1-10H2. The molecule has 2 fully saturated rings. The Morgan fingerprint density at radius 3 is 2.27 bits per heavy atom. The van der Waals surface area contributed by atoms with Crippen molar-refractivity contribution in [1.29, 1.82) is 0 Å². The molecule has 2 N–H and O–H groups in total. The fourth-order valence-electron chi connectivity index (χ4n) is 2.74. The Kier molecular flexibility index (Phi) is 4.45. The van der Waals surface area contributed by atoms with Crippen molar-refractivity contribution in [2.75, 3.05) is 13.1 Å². The van der Waals surface area contributed by atoms with Crippen molar-refractivity contribution >= 4 is 0 Å². The minimum atomic E-state index is -0.00349. The topological polar surface area (TPSA) is 32.3 Å². The van der Waals surface area contributed by atoms with E-state index >= 15 is 0 Å². The van der Waals surface area contributed by atoms with Crippen LogP contribution in [0, 0.1) is 11.8 Å². The van der Waals surface area contributed by atoms with Crippen LogP contribution in [-0.4, -0.2) is 24.3 Å². The van der Waals surface area contributed by atoms with Gasteiger partial charge in [0.1, 0.15) is 0 Å². The number of aliphatic hydroxyl groups excluding tert-OH is 1. The quantitative estimate of drug-likeness (QED) is 0.684. The van der Waals surface area contributed by atoms with Gasteiger partial charge in [0.2, 0.25) is 0 Å². The van der Waals surface area contributed by atoms with E-state index in [9.17, 15) is 5.11 Å². The summed E-state index contributed by atoms with van der Waals surface area (Å²) in [5.74, 6) is 1.86. The van der Waals surface area contributed by atoms with Gasteiger partial charge in [-0.25, -0.2) is 0 Å². The molecule has 15 heavy (non-hydrogen) atoms. The first-order valence-electron chi connectivity index (χ1n) is 6.73. The summed E-state index contributed by atoms with van der Waals surface area (Å²) in [4.78, 5) is 0. The van der Waals surface area contributed by atoms with Crippen molar-refractivity contribution in [3.63, 3.8) is 0 Å². The van der Waals surface area contributed by atoms with Gasteiger partial charge in [-0.2, -0.15) is 0 Å². The zero-order valence-corrected chi connectivity index (χ0v) is 9.75. The van der Waals surface area contributed by atoms with Gasteiger partial charge in [-0.1, -0.05) is 19.3 Å². The third-order valence-electron chi connectivity index (χ3n) is 4.20. The van der Waals surface area contributed by atoms with Crippen molar-refractivity contribution in [2.45, 2.75) is 57.5 Å². The molecule has 2 aliphatic rings. The van der Waals surface area contributed by atoms with Gasteiger partial charge in [-0.05, 0) is 57.0 Å². The molecule has 0 atom stereocenters. The van der Waals surface area contributed by atoms with Crippen LogP contribution in [0.1, 0.15) is 51.4 Å². The van der Waals surface area contributed by atoms with Crippen LogP contribution in [0.3, 0.4) is 0 Å². The van der Waals surface area contributed by atoms with Crippen molar-refractivity contribution in [3.05, 3.63) is 0 Å². The summed E-state index contributed by atoms with van der Waals surface area (Å²) in [6, 6.07) is 0. The summed E-state index contributed by atoms with van der Waals surface area (Å²) in [6.45, 7) is 2.39. The van der Waals surface area contributed by atoms with E-state index < -0.39 is 0 Å². The summed E-state index contributed by atoms with van der Waals surface area (Å²) in [6.07, 6.45) is 10.3. The number of hydrogen-bond acceptors (Lipinski definition) is 2. The summed E-state index contributed by atoms with van der Waals surface area (Å²) < 4.78 is 0. The predicted octanol–water partition coefficient (Wildman–Crippen LogP) is 2.32. The van der Waals surface area contributed by atoms with Crippen molar-refractivity contribution in [1.82, 2.24) is 5.32 Å². The number of hydrogen-bond donors (Lipinski definition) is 2. The molecular weight excluding hydrogens is 186 g/mol. The summed E-state index contributed by atoms with van der Waals surface area (Å²) >= 11 is 0. The highest BCUT2D eigenvalue weighted by Gasteiger charge is 2.19. The minimum Gasteiger partial charge on any atom is -0.393 e. The lowest BCUT2D eigenvalue weighted by molar-refractivity contribution is 0.108. The first kappa shape index (κ1) is 11.4. The van der Waals surface area contributed by atoms with Crippen LogP contribution >= 0.6 is 0 Å². The van der Waals surface area contributed by atoms with E-state index in [-0.39, 0.29) is 6.10 Å². The Morgan fingerprint density at radius 1 is 0.933 bits per heavy atom. The van der Waals surface area contributed by atoms with Gasteiger partial charge in [0.25, 0.3) is 0 Å². The fourth-order valence-corrected chi connectivity index (χ4v) is 2.74. The van der Waals surface area contributed by atoms with Crippen LogP contribution in [0.4, 0.5) is 0 Å². The third-order valence-corrected chi connectivity index (χ3v) is 4.20. The lowest BCUT2D eigenvalue weighted by Crippen LogP contribution is -2.29. The maximum atomic E-state index is 9.39. The number of aliphatic hydroxyl groups is 1. The molecule has 0 heterocycles. The lowest BCUT2D eigenvalue weighted by atomic mass is 9.83. The highest BCUT2D eigenvalue weighted by atomic mass is 16.3. The summed E-state index contributed by atoms with van der Waals surface area (Å²) in [7, 11) is 0. The molecule has 2 aliphatic carbocycles. The Balaban J connectivity index is 1.46. The molecule has 0 amide bonds. The van der Waals surface area contributed by atoms with Gasteiger partial charge in [-0.3, -0.25) is 0 Å². The van der Waals surface area contributed by atoms with Crippen LogP contribution in [0.5, 0.6) is 0 Å². The van der Waals surface area contributed by atoms with Crippen molar-refractivity contribution in [2.24, 2.45) is 11.8 Å². The molecule has 0 unspecified atom stereocenters. The maximum absolute atomic E-state index is 9.39. The molecule has 0 aliphatic heterocycles. The SMILES string of the molecule is OC1CCC(CNCCC2CCC2)CC1. The maximum Gasteiger partial charge on any atom is 0.0540 e. The normalized spacial score (nSPS) is 32.6. The third kappa shape index (κ3) is 3.76. The van der Waals surface area contributed by atoms with E-state index in [4.69, 9.17) is 0 Å². The molecule has 0 aromatic rings. The first-order chi connectivity index (χ1) is 7.34. The van der Waals surface area contributed by atoms with Crippen LogP contribution in [0.15, 0.2) is 0 Å². The van der Waals surface area contributed by atoms with E-state index in [1.165, 1.54) is 51.6 Å². The van der Waals surface area contributed by atoms with Crippen LogP contribution < -0.4 is 5.32 Å². The van der Waals surface area contributed by atoms with E-state index in [1.54, 1.807) is 0 Å². The fraction of sp³-hybridized carbons (Fsp3) is 1.00. The minimum absolute atomic E-state index is 0.00349. The molecule has 0 saturated heterocycles. The lowest BCUT2D eigenvalue weighted by Gasteiger charge is -2.27. The average Bonchev–Trinajstić information content (AvgIpc) is 2.18. The van der Waals surface area contributed by atoms with Crippen LogP contribution in [0.2, 0.25) is 0 Å². The molecule has 0 aromatic carbocycles. The predicted molar refractivity (Wildman–Crippen MR) is 62.8 cm³/mol. The zero-order chi connectivity index (χ0) is 10.5. The molecule has 88 valence electrons. The number of nitrogens with one attached hydrogen (secondary N) is 1. The summed E-state index contributed by atoms with van der Waals surface area (Å²) in [5, 5.41) is 13.0. The second-order valence-electron chi connectivity index (χ2n) is 5.46. The van der Waals surface area contributed by atoms with Gasteiger partial charge in [0, 0.05) is 0 Å². The Hall–Kier alpha value is -0.0800. The molecule has 2 heteroatoms. The van der Waals surface area contributed by atoms with E-state index in [0.29, 0.717) is 0 Å². The van der Waals surface area contributed by atoms with Gasteiger partial charge in [-0.15, -0.1) is 0 Å². The first-order valence-corrected chi connectivity index (χ1v) is 6.73. The highest BCUT2D eigenvalue weighted by Crippen LogP contribution is 2.29. The smallest absolute Gasteiger partial charge is 0.0540 e. The molecule has 2 rings (SSSR count). The Labute approximate surface area is 93.5 Å². The molecule has 0 spiro atoms. The van der Waals surface area contributed by atoms with E-state index in [1.807, 2.05) is 0 Å². The summed E-state index contributed by atoms with van der Waals surface area (Å²) in [5.41, 5.74) is 0. The van der Waals surface area contributed by atoms with Gasteiger partial charge in [0.05, 0.1) is 6.10 Å². The van der Waals surface area contributed by atoms with Crippen molar-refractivity contribution < 1.29 is 5.11 Å². The largest absolute Gasteiger partial charge is 0.393 e. The molecule has 0 radical (unpaired) electrons. The Morgan fingerprint density at radius 2 is 1.67 bits per heavy atom. The molecule has 0 aromatic heterocycles. The molecule has 2 saturated carbocycles. The highest BCUT2D eigenvalue weighted by molar-refractivity contribution is 4.74. The second-order valence-corrected chi connectivity index (χ2v) is 5.46. The van der Waals surface area contributed by atoms with Gasteiger partial charge in [0.15, 0.2) is 0 Å². The average molecular weight is 211 g/mol. The van der Waals surface area contributed by atoms with E-state index in [0.717, 1.165) is 24.7 Å². The monoisotopic (exact) mass is 211 g/mol. The van der Waals surface area contributed by atoms with Gasteiger partial charge < -0.3 is 10.4 Å². The van der Waals surface area contributed by atoms with E-state index in [2.05, 4.69) is 5.32 Å². The van der Waals surface area contributed by atoms with Crippen LogP contribution in [-0.2, 0) is 0 Å². The second kappa shape index (κ2) is 5.86. The molecular formula is C13H25NO. The Bertz CT molecular complexity index is 171.